The van der Waals surface area contributed by atoms with Gasteiger partial charge in [-0.2, -0.15) is 0 Å². The van der Waals surface area contributed by atoms with Crippen LogP contribution in [0, 0.1) is 0 Å². The molecule has 0 bridgehead atoms. The van der Waals surface area contributed by atoms with E-state index >= 15 is 0 Å². The van der Waals surface area contributed by atoms with E-state index in [-0.39, 0.29) is 30.1 Å². The molecule has 2 heterocycles. The van der Waals surface area contributed by atoms with Crippen LogP contribution in [0.2, 0.25) is 0 Å². The van der Waals surface area contributed by atoms with E-state index in [4.69, 9.17) is 9.52 Å². The van der Waals surface area contributed by atoms with Gasteiger partial charge in [-0.3, -0.25) is 19.1 Å². The third kappa shape index (κ3) is 5.15. The average Bonchev–Trinajstić information content (AvgIpc) is 3.34. The lowest BCUT2D eigenvalue weighted by Crippen LogP contribution is -2.39. The highest BCUT2D eigenvalue weighted by molar-refractivity contribution is 5.82. The van der Waals surface area contributed by atoms with Crippen LogP contribution in [0.25, 0.3) is 11.1 Å². The fourth-order valence-corrected chi connectivity index (χ4v) is 4.33. The molecule has 0 saturated carbocycles. The molecule has 9 heteroatoms. The summed E-state index contributed by atoms with van der Waals surface area (Å²) in [6, 6.07) is 14.5. The second-order valence-corrected chi connectivity index (χ2v) is 8.46. The molecule has 2 N–H and O–H groups in total. The van der Waals surface area contributed by atoms with Crippen LogP contribution in [0.3, 0.4) is 0 Å². The minimum Gasteiger partial charge on any atom is -0.480 e. The lowest BCUT2D eigenvalue weighted by molar-refractivity contribution is -0.137. The molecule has 4 rings (SSSR count). The Hall–Kier alpha value is -3.43. The minimum absolute atomic E-state index is 0.0881. The number of β-amino-alcohol motifs (C(OH)–C–C–N with tert-alkyl or cyclic N) is 1. The Kier molecular flexibility index (Phi) is 6.62. The number of likely N-dealkylation sites (N-methyl/N-ethyl adjacent to an activating group) is 1. The first-order valence-electron chi connectivity index (χ1n) is 10.9. The van der Waals surface area contributed by atoms with Crippen LogP contribution in [0.1, 0.15) is 23.6 Å². The van der Waals surface area contributed by atoms with E-state index in [1.807, 2.05) is 30.3 Å². The van der Waals surface area contributed by atoms with Gasteiger partial charge >= 0.3 is 11.7 Å². The van der Waals surface area contributed by atoms with Crippen LogP contribution < -0.4 is 5.76 Å². The van der Waals surface area contributed by atoms with Crippen molar-refractivity contribution in [3.05, 3.63) is 70.2 Å². The summed E-state index contributed by atoms with van der Waals surface area (Å²) >= 11 is 0. The molecule has 2 atom stereocenters. The molecule has 174 valence electrons. The molecule has 0 radical (unpaired) electrons. The fourth-order valence-electron chi connectivity index (χ4n) is 4.33. The van der Waals surface area contributed by atoms with E-state index in [1.54, 1.807) is 30.1 Å². The molecule has 9 nitrogen and oxygen atoms in total. The monoisotopic (exact) mass is 453 g/mol. The summed E-state index contributed by atoms with van der Waals surface area (Å²) < 4.78 is 6.15. The standard InChI is InChI=1S/C24H27N3O6/c1-25(20(17-5-3-2-4-6-17)14-26-10-9-18(28)13-26)22(29)12-16-7-8-21-19(11-16)27(15-23(30)31)24(32)33-21/h2-8,11,18,20,28H,9-10,12-15H2,1H3,(H,30,31)/t18-,20+/m0/s1. The van der Waals surface area contributed by atoms with Gasteiger partial charge in [0.25, 0.3) is 0 Å². The first-order chi connectivity index (χ1) is 15.8. The number of benzene rings is 2. The number of amides is 1. The second kappa shape index (κ2) is 9.60. The maximum Gasteiger partial charge on any atom is 0.420 e. The molecule has 1 aromatic heterocycles. The smallest absolute Gasteiger partial charge is 0.420 e. The molecular weight excluding hydrogens is 426 g/mol. The molecule has 1 amide bonds. The summed E-state index contributed by atoms with van der Waals surface area (Å²) in [7, 11) is 1.77. The molecule has 0 unspecified atom stereocenters. The van der Waals surface area contributed by atoms with E-state index in [1.165, 1.54) is 0 Å². The summed E-state index contributed by atoms with van der Waals surface area (Å²) in [4.78, 5) is 40.2. The number of carbonyl (C=O) groups is 2. The van der Waals surface area contributed by atoms with Gasteiger partial charge in [-0.25, -0.2) is 4.79 Å². The van der Waals surface area contributed by atoms with Crippen molar-refractivity contribution < 1.29 is 24.2 Å². The van der Waals surface area contributed by atoms with Crippen molar-refractivity contribution in [3.8, 4) is 0 Å². The maximum atomic E-state index is 13.2. The third-order valence-electron chi connectivity index (χ3n) is 6.10. The molecule has 1 saturated heterocycles. The van der Waals surface area contributed by atoms with E-state index in [2.05, 4.69) is 4.90 Å². The molecule has 0 aliphatic carbocycles. The molecule has 33 heavy (non-hydrogen) atoms. The van der Waals surface area contributed by atoms with Gasteiger partial charge in [-0.05, 0) is 29.7 Å². The largest absolute Gasteiger partial charge is 0.480 e. The highest BCUT2D eigenvalue weighted by atomic mass is 16.4. The number of nitrogens with zero attached hydrogens (tertiary/aromatic N) is 3. The summed E-state index contributed by atoms with van der Waals surface area (Å²) in [5, 5.41) is 19.0. The number of hydrogen-bond donors (Lipinski definition) is 2. The summed E-state index contributed by atoms with van der Waals surface area (Å²) in [6.07, 6.45) is 0.472. The highest BCUT2D eigenvalue weighted by Gasteiger charge is 2.28. The molecule has 1 aliphatic heterocycles. The topological polar surface area (TPSA) is 116 Å². The van der Waals surface area contributed by atoms with Crippen LogP contribution in [0.5, 0.6) is 0 Å². The highest BCUT2D eigenvalue weighted by Crippen LogP contribution is 2.24. The zero-order chi connectivity index (χ0) is 23.5. The summed E-state index contributed by atoms with van der Waals surface area (Å²) in [5.74, 6) is -2.01. The van der Waals surface area contributed by atoms with Crippen molar-refractivity contribution in [2.24, 2.45) is 0 Å². The van der Waals surface area contributed by atoms with Crippen LogP contribution >= 0.6 is 0 Å². The number of rotatable bonds is 8. The van der Waals surface area contributed by atoms with Gasteiger partial charge < -0.3 is 19.5 Å². The predicted octanol–water partition coefficient (Wildman–Crippen LogP) is 1.49. The number of carboxylic acids is 1. The van der Waals surface area contributed by atoms with E-state index < -0.39 is 18.3 Å². The minimum atomic E-state index is -1.15. The Morgan fingerprint density at radius 2 is 1.97 bits per heavy atom. The number of aromatic nitrogens is 1. The van der Waals surface area contributed by atoms with Crippen molar-refractivity contribution in [1.29, 1.82) is 0 Å². The van der Waals surface area contributed by atoms with Crippen LogP contribution in [0.15, 0.2) is 57.7 Å². The number of carbonyl (C=O) groups excluding carboxylic acids is 1. The maximum absolute atomic E-state index is 13.2. The van der Waals surface area contributed by atoms with Crippen LogP contribution in [-0.4, -0.2) is 69.2 Å². The SMILES string of the molecule is CN(C(=O)Cc1ccc2oc(=O)n(CC(=O)O)c2c1)[C@H](CN1CC[C@H](O)C1)c1ccccc1. The van der Waals surface area contributed by atoms with Gasteiger partial charge in [0, 0.05) is 26.7 Å². The molecule has 2 aromatic carbocycles. The van der Waals surface area contributed by atoms with E-state index in [9.17, 15) is 19.5 Å². The van der Waals surface area contributed by atoms with Crippen molar-refractivity contribution >= 4 is 23.0 Å². The number of fused-ring (bicyclic) bond motifs is 1. The van der Waals surface area contributed by atoms with Crippen molar-refractivity contribution in [2.45, 2.75) is 31.5 Å². The second-order valence-electron chi connectivity index (χ2n) is 8.46. The first-order valence-corrected chi connectivity index (χ1v) is 10.9. The van der Waals surface area contributed by atoms with Gasteiger partial charge in [0.2, 0.25) is 5.91 Å². The first kappa shape index (κ1) is 22.8. The molecular formula is C24H27N3O6. The van der Waals surface area contributed by atoms with E-state index in [0.717, 1.165) is 23.1 Å². The Morgan fingerprint density at radius 1 is 1.21 bits per heavy atom. The number of aliphatic hydroxyl groups is 1. The van der Waals surface area contributed by atoms with Crippen LogP contribution in [0.4, 0.5) is 0 Å². The summed E-state index contributed by atoms with van der Waals surface area (Å²) in [6.45, 7) is 1.47. The number of oxazole rings is 1. The van der Waals surface area contributed by atoms with Gasteiger partial charge in [0.1, 0.15) is 6.54 Å². The fraction of sp³-hybridized carbons (Fsp3) is 0.375. The number of aliphatic hydroxyl groups excluding tert-OH is 1. The summed E-state index contributed by atoms with van der Waals surface area (Å²) in [5.41, 5.74) is 2.29. The molecule has 3 aromatic rings. The zero-order valence-electron chi connectivity index (χ0n) is 18.4. The predicted molar refractivity (Wildman–Crippen MR) is 121 cm³/mol. The third-order valence-corrected chi connectivity index (χ3v) is 6.10. The average molecular weight is 453 g/mol. The zero-order valence-corrected chi connectivity index (χ0v) is 18.4. The lowest BCUT2D eigenvalue weighted by atomic mass is 10.0. The number of hydrogen-bond acceptors (Lipinski definition) is 6. The normalized spacial score (nSPS) is 17.3. The van der Waals surface area contributed by atoms with Crippen molar-refractivity contribution in [3.63, 3.8) is 0 Å². The Balaban J connectivity index is 1.55. The lowest BCUT2D eigenvalue weighted by Gasteiger charge is -2.32. The van der Waals surface area contributed by atoms with Gasteiger partial charge in [-0.1, -0.05) is 36.4 Å². The Bertz CT molecular complexity index is 1200. The van der Waals surface area contributed by atoms with E-state index in [0.29, 0.717) is 24.2 Å². The Labute approximate surface area is 190 Å². The molecule has 0 spiro atoms. The van der Waals surface area contributed by atoms with Crippen LogP contribution in [-0.2, 0) is 22.6 Å². The molecule has 1 fully saturated rings. The number of aliphatic carboxylic acids is 1. The Morgan fingerprint density at radius 3 is 2.64 bits per heavy atom. The van der Waals surface area contributed by atoms with Gasteiger partial charge in [-0.15, -0.1) is 0 Å². The number of carboxylic acid groups (broad SMARTS) is 1. The quantitative estimate of drug-likeness (QED) is 0.531. The molecule has 1 aliphatic rings. The van der Waals surface area contributed by atoms with Gasteiger partial charge in [0.15, 0.2) is 5.58 Å². The van der Waals surface area contributed by atoms with Crippen molar-refractivity contribution in [2.75, 3.05) is 26.7 Å². The van der Waals surface area contributed by atoms with Gasteiger partial charge in [0.05, 0.1) is 24.1 Å². The number of likely N-dealkylation sites (tertiary alicyclic amines) is 1. The van der Waals surface area contributed by atoms with Crippen molar-refractivity contribution in [1.82, 2.24) is 14.4 Å².